The van der Waals surface area contributed by atoms with E-state index in [0.717, 1.165) is 18.6 Å². The Balaban J connectivity index is 2.08. The quantitative estimate of drug-likeness (QED) is 0.816. The monoisotopic (exact) mass is 331 g/mol. The molecule has 3 unspecified atom stereocenters. The molecule has 1 aliphatic carbocycles. The van der Waals surface area contributed by atoms with E-state index in [1.54, 1.807) is 7.11 Å². The number of benzene rings is 1. The summed E-state index contributed by atoms with van der Waals surface area (Å²) in [6.45, 7) is 11.9. The number of methoxy groups -OCH3 is 1. The first-order chi connectivity index (χ1) is 11.2. The molecular weight excluding hydrogens is 302 g/mol. The van der Waals surface area contributed by atoms with Crippen LogP contribution in [0.4, 0.5) is 4.79 Å². The lowest BCUT2D eigenvalue weighted by atomic mass is 9.84. The zero-order valence-electron chi connectivity index (χ0n) is 15.4. The van der Waals surface area contributed by atoms with Gasteiger partial charge in [-0.2, -0.15) is 0 Å². The van der Waals surface area contributed by atoms with Crippen molar-refractivity contribution in [2.45, 2.75) is 58.1 Å². The van der Waals surface area contributed by atoms with Gasteiger partial charge in [-0.15, -0.1) is 0 Å². The summed E-state index contributed by atoms with van der Waals surface area (Å²) in [5.74, 6) is 1.48. The van der Waals surface area contributed by atoms with Crippen LogP contribution in [-0.4, -0.2) is 24.8 Å². The maximum absolute atomic E-state index is 12.1. The van der Waals surface area contributed by atoms with Gasteiger partial charge in [-0.3, -0.25) is 0 Å². The van der Waals surface area contributed by atoms with Crippen molar-refractivity contribution >= 4 is 6.09 Å². The number of ether oxygens (including phenoxy) is 2. The van der Waals surface area contributed by atoms with Gasteiger partial charge in [0.05, 0.1) is 7.11 Å². The lowest BCUT2D eigenvalue weighted by Crippen LogP contribution is -2.42. The van der Waals surface area contributed by atoms with Crippen LogP contribution in [-0.2, 0) is 4.74 Å². The highest BCUT2D eigenvalue weighted by Gasteiger charge is 2.36. The number of alkyl carbamates (subject to hydrolysis) is 1. The van der Waals surface area contributed by atoms with Crippen LogP contribution < -0.4 is 10.1 Å². The van der Waals surface area contributed by atoms with Gasteiger partial charge in [-0.05, 0) is 63.1 Å². The second kappa shape index (κ2) is 7.29. The van der Waals surface area contributed by atoms with E-state index in [1.807, 2.05) is 32.9 Å². The van der Waals surface area contributed by atoms with Crippen LogP contribution in [0.3, 0.4) is 0 Å². The lowest BCUT2D eigenvalue weighted by molar-refractivity contribution is 0.0490. The van der Waals surface area contributed by atoms with Gasteiger partial charge < -0.3 is 14.8 Å². The molecule has 0 aliphatic heterocycles. The molecule has 4 heteroatoms. The van der Waals surface area contributed by atoms with E-state index in [4.69, 9.17) is 9.47 Å². The fourth-order valence-corrected chi connectivity index (χ4v) is 3.32. The Bertz CT molecular complexity index is 586. The third kappa shape index (κ3) is 4.76. The molecule has 1 fully saturated rings. The van der Waals surface area contributed by atoms with Crippen molar-refractivity contribution in [1.29, 1.82) is 0 Å². The number of carbonyl (C=O) groups is 1. The van der Waals surface area contributed by atoms with Gasteiger partial charge in [0.15, 0.2) is 0 Å². The number of amides is 1. The molecule has 0 heterocycles. The molecule has 1 amide bonds. The number of hydrogen-bond acceptors (Lipinski definition) is 3. The Labute approximate surface area is 145 Å². The lowest BCUT2D eigenvalue weighted by Gasteiger charge is -2.28. The summed E-state index contributed by atoms with van der Waals surface area (Å²) < 4.78 is 10.6. The average molecular weight is 331 g/mol. The Hall–Kier alpha value is -1.97. The van der Waals surface area contributed by atoms with Crippen molar-refractivity contribution in [2.24, 2.45) is 5.92 Å². The Kier molecular flexibility index (Phi) is 5.58. The second-order valence-electron chi connectivity index (χ2n) is 7.64. The van der Waals surface area contributed by atoms with Crippen LogP contribution in [0.25, 0.3) is 0 Å². The highest BCUT2D eigenvalue weighted by Crippen LogP contribution is 2.40. The maximum atomic E-state index is 12.1. The zero-order chi connectivity index (χ0) is 17.9. The van der Waals surface area contributed by atoms with E-state index in [0.29, 0.717) is 11.8 Å². The molecule has 0 radical (unpaired) electrons. The molecule has 1 aliphatic rings. The average Bonchev–Trinajstić information content (AvgIpc) is 2.85. The summed E-state index contributed by atoms with van der Waals surface area (Å²) in [6.07, 6.45) is 1.38. The summed E-state index contributed by atoms with van der Waals surface area (Å²) in [6, 6.07) is 8.20. The summed E-state index contributed by atoms with van der Waals surface area (Å²) in [5.41, 5.74) is 1.93. The predicted molar refractivity (Wildman–Crippen MR) is 96.4 cm³/mol. The van der Waals surface area contributed by atoms with E-state index in [2.05, 4.69) is 31.0 Å². The van der Waals surface area contributed by atoms with Crippen LogP contribution in [0, 0.1) is 5.92 Å². The van der Waals surface area contributed by atoms with Gasteiger partial charge in [-0.25, -0.2) is 4.79 Å². The van der Waals surface area contributed by atoms with E-state index in [1.165, 1.54) is 11.1 Å². The molecule has 0 spiro atoms. The van der Waals surface area contributed by atoms with Crippen molar-refractivity contribution < 1.29 is 14.3 Å². The fraction of sp³-hybridized carbons (Fsp3) is 0.550. The molecule has 24 heavy (non-hydrogen) atoms. The summed E-state index contributed by atoms with van der Waals surface area (Å²) in [7, 11) is 1.67. The SMILES string of the molecule is C=C1CC(NC(=O)OC(C)(C)C)C(C(C)c2ccc(OC)cc2)C1. The summed E-state index contributed by atoms with van der Waals surface area (Å²) >= 11 is 0. The van der Waals surface area contributed by atoms with Crippen LogP contribution in [0.15, 0.2) is 36.4 Å². The number of carbonyl (C=O) groups excluding carboxylic acids is 1. The standard InChI is InChI=1S/C20H29NO3/c1-13-11-17(14(2)15-7-9-16(23-6)10-8-15)18(12-13)21-19(22)24-20(3,4)5/h7-10,14,17-18H,1,11-12H2,2-6H3,(H,21,22). The maximum Gasteiger partial charge on any atom is 0.407 e. The molecule has 1 saturated carbocycles. The van der Waals surface area contributed by atoms with Gasteiger partial charge in [-0.1, -0.05) is 31.2 Å². The summed E-state index contributed by atoms with van der Waals surface area (Å²) in [5, 5.41) is 3.04. The van der Waals surface area contributed by atoms with Gasteiger partial charge in [0.2, 0.25) is 0 Å². The van der Waals surface area contributed by atoms with Crippen LogP contribution in [0.5, 0.6) is 5.75 Å². The van der Waals surface area contributed by atoms with E-state index in [-0.39, 0.29) is 12.1 Å². The van der Waals surface area contributed by atoms with Gasteiger partial charge in [0.1, 0.15) is 11.4 Å². The minimum Gasteiger partial charge on any atom is -0.497 e. The Morgan fingerprint density at radius 1 is 1.25 bits per heavy atom. The third-order valence-corrected chi connectivity index (χ3v) is 4.54. The van der Waals surface area contributed by atoms with Crippen molar-refractivity contribution in [3.8, 4) is 5.75 Å². The first-order valence-corrected chi connectivity index (χ1v) is 8.49. The highest BCUT2D eigenvalue weighted by molar-refractivity contribution is 5.68. The first-order valence-electron chi connectivity index (χ1n) is 8.49. The number of nitrogens with one attached hydrogen (secondary N) is 1. The van der Waals surface area contributed by atoms with Gasteiger partial charge in [0.25, 0.3) is 0 Å². The topological polar surface area (TPSA) is 47.6 Å². The Morgan fingerprint density at radius 3 is 2.42 bits per heavy atom. The number of rotatable bonds is 4. The molecule has 0 aromatic heterocycles. The molecular formula is C20H29NO3. The minimum atomic E-state index is -0.489. The van der Waals surface area contributed by atoms with Gasteiger partial charge in [0, 0.05) is 6.04 Å². The predicted octanol–water partition coefficient (Wildman–Crippen LogP) is 4.66. The highest BCUT2D eigenvalue weighted by atomic mass is 16.6. The normalized spacial score (nSPS) is 22.1. The molecule has 2 rings (SSSR count). The molecule has 4 nitrogen and oxygen atoms in total. The molecule has 1 N–H and O–H groups in total. The molecule has 132 valence electrons. The van der Waals surface area contributed by atoms with E-state index in [9.17, 15) is 4.79 Å². The molecule has 0 bridgehead atoms. The summed E-state index contributed by atoms with van der Waals surface area (Å²) in [4.78, 5) is 12.1. The van der Waals surface area contributed by atoms with E-state index >= 15 is 0 Å². The van der Waals surface area contributed by atoms with Crippen LogP contribution in [0.2, 0.25) is 0 Å². The van der Waals surface area contributed by atoms with E-state index < -0.39 is 5.60 Å². The van der Waals surface area contributed by atoms with Crippen molar-refractivity contribution in [3.63, 3.8) is 0 Å². The Morgan fingerprint density at radius 2 is 1.88 bits per heavy atom. The molecule has 1 aromatic carbocycles. The second-order valence-corrected chi connectivity index (χ2v) is 7.64. The number of hydrogen-bond donors (Lipinski definition) is 1. The van der Waals surface area contributed by atoms with Crippen molar-refractivity contribution in [2.75, 3.05) is 7.11 Å². The smallest absolute Gasteiger partial charge is 0.407 e. The first kappa shape index (κ1) is 18.4. The molecule has 3 atom stereocenters. The molecule has 0 saturated heterocycles. The van der Waals surface area contributed by atoms with Crippen molar-refractivity contribution in [1.82, 2.24) is 5.32 Å². The fourth-order valence-electron chi connectivity index (χ4n) is 3.32. The van der Waals surface area contributed by atoms with Gasteiger partial charge >= 0.3 is 6.09 Å². The third-order valence-electron chi connectivity index (χ3n) is 4.54. The van der Waals surface area contributed by atoms with Crippen LogP contribution >= 0.6 is 0 Å². The minimum absolute atomic E-state index is 0.0597. The molecule has 1 aromatic rings. The van der Waals surface area contributed by atoms with Crippen LogP contribution in [0.1, 0.15) is 52.0 Å². The van der Waals surface area contributed by atoms with Crippen molar-refractivity contribution in [3.05, 3.63) is 42.0 Å². The zero-order valence-corrected chi connectivity index (χ0v) is 15.4. The largest absolute Gasteiger partial charge is 0.497 e.